The fourth-order valence-electron chi connectivity index (χ4n) is 3.56. The van der Waals surface area contributed by atoms with Gasteiger partial charge in [-0.05, 0) is 39.0 Å². The fourth-order valence-corrected chi connectivity index (χ4v) is 4.79. The van der Waals surface area contributed by atoms with Gasteiger partial charge in [0, 0.05) is 23.4 Å². The third-order valence-corrected chi connectivity index (χ3v) is 6.68. The average Bonchev–Trinajstić information content (AvgIpc) is 3.44. The van der Waals surface area contributed by atoms with E-state index in [1.165, 1.54) is 11.8 Å². The van der Waals surface area contributed by atoms with E-state index in [-0.39, 0.29) is 18.9 Å². The topological polar surface area (TPSA) is 111 Å². The van der Waals surface area contributed by atoms with E-state index < -0.39 is 5.97 Å². The highest BCUT2D eigenvalue weighted by Gasteiger charge is 2.22. The van der Waals surface area contributed by atoms with Crippen molar-refractivity contribution in [2.75, 3.05) is 18.2 Å². The van der Waals surface area contributed by atoms with Crippen molar-refractivity contribution in [2.24, 2.45) is 0 Å². The highest BCUT2D eigenvalue weighted by atomic mass is 32.2. The molecule has 0 radical (unpaired) electrons. The summed E-state index contributed by atoms with van der Waals surface area (Å²) in [5.74, 6) is -0.108. The third-order valence-electron chi connectivity index (χ3n) is 5.20. The molecule has 3 heterocycles. The average molecular weight is 497 g/mol. The van der Waals surface area contributed by atoms with Crippen molar-refractivity contribution >= 4 is 45.9 Å². The predicted molar refractivity (Wildman–Crippen MR) is 132 cm³/mol. The second kappa shape index (κ2) is 10.3. The van der Waals surface area contributed by atoms with Gasteiger partial charge in [0.1, 0.15) is 4.88 Å². The Kier molecular flexibility index (Phi) is 7.23. The third kappa shape index (κ3) is 4.95. The van der Waals surface area contributed by atoms with E-state index in [1.807, 2.05) is 50.4 Å². The number of nitrogens with one attached hydrogen (secondary N) is 1. The van der Waals surface area contributed by atoms with Crippen molar-refractivity contribution < 1.29 is 14.3 Å². The number of thioether (sulfide) groups is 1. The summed E-state index contributed by atoms with van der Waals surface area (Å²) < 4.78 is 6.89. The number of rotatable bonds is 8. The lowest BCUT2D eigenvalue weighted by molar-refractivity contribution is -0.116. The Bertz CT molecular complexity index is 1350. The molecule has 176 valence electrons. The number of amides is 1. The molecule has 9 nitrogen and oxygen atoms in total. The molecule has 0 aliphatic carbocycles. The lowest BCUT2D eigenvalue weighted by atomic mass is 10.1. The zero-order valence-corrected chi connectivity index (χ0v) is 20.9. The maximum Gasteiger partial charge on any atom is 0.350 e. The predicted octanol–water partition coefficient (Wildman–Crippen LogP) is 4.33. The van der Waals surface area contributed by atoms with Crippen molar-refractivity contribution in [3.63, 3.8) is 0 Å². The molecule has 0 saturated heterocycles. The molecule has 0 atom stereocenters. The van der Waals surface area contributed by atoms with Gasteiger partial charge in [0.25, 0.3) is 5.78 Å². The second-order valence-electron chi connectivity index (χ2n) is 7.40. The number of anilines is 1. The van der Waals surface area contributed by atoms with E-state index >= 15 is 0 Å². The van der Waals surface area contributed by atoms with Crippen molar-refractivity contribution in [3.8, 4) is 11.3 Å². The smallest absolute Gasteiger partial charge is 0.350 e. The largest absolute Gasteiger partial charge is 0.462 e. The van der Waals surface area contributed by atoms with Gasteiger partial charge in [-0.1, -0.05) is 53.4 Å². The SMILES string of the molecule is CCOC(=O)c1sc(NC(=O)CCc2c(C)nc3nc(SC)nn3c2C)nc1-c1ccccc1. The van der Waals surface area contributed by atoms with Crippen LogP contribution in [0.5, 0.6) is 0 Å². The highest BCUT2D eigenvalue weighted by molar-refractivity contribution is 7.98. The molecule has 34 heavy (non-hydrogen) atoms. The molecule has 0 aliphatic rings. The van der Waals surface area contributed by atoms with E-state index in [0.29, 0.717) is 33.1 Å². The van der Waals surface area contributed by atoms with Gasteiger partial charge < -0.3 is 10.1 Å². The van der Waals surface area contributed by atoms with Gasteiger partial charge in [0.05, 0.1) is 12.3 Å². The van der Waals surface area contributed by atoms with Crippen LogP contribution in [0.2, 0.25) is 0 Å². The molecule has 0 fully saturated rings. The molecule has 4 aromatic rings. The lowest BCUT2D eigenvalue weighted by Crippen LogP contribution is -2.14. The van der Waals surface area contributed by atoms with Crippen LogP contribution in [0.25, 0.3) is 17.0 Å². The molecule has 0 unspecified atom stereocenters. The summed E-state index contributed by atoms with van der Waals surface area (Å²) in [6.45, 7) is 5.87. The number of aryl methyl sites for hydroxylation is 2. The minimum absolute atomic E-state index is 0.203. The van der Waals surface area contributed by atoms with Crippen LogP contribution in [0, 0.1) is 13.8 Å². The summed E-state index contributed by atoms with van der Waals surface area (Å²) in [4.78, 5) is 39.0. The highest BCUT2D eigenvalue weighted by Crippen LogP contribution is 2.32. The van der Waals surface area contributed by atoms with Crippen LogP contribution in [0.1, 0.15) is 40.0 Å². The monoisotopic (exact) mass is 496 g/mol. The van der Waals surface area contributed by atoms with Crippen LogP contribution in [0.15, 0.2) is 35.5 Å². The Morgan fingerprint density at radius 2 is 1.91 bits per heavy atom. The van der Waals surface area contributed by atoms with Gasteiger partial charge >= 0.3 is 5.97 Å². The number of ether oxygens (including phenoxy) is 1. The summed E-state index contributed by atoms with van der Waals surface area (Å²) in [5, 5.41) is 8.29. The molecule has 3 aromatic heterocycles. The maximum atomic E-state index is 12.8. The molecule has 1 amide bonds. The zero-order chi connectivity index (χ0) is 24.2. The quantitative estimate of drug-likeness (QED) is 0.283. The molecule has 11 heteroatoms. The lowest BCUT2D eigenvalue weighted by Gasteiger charge is -2.10. The van der Waals surface area contributed by atoms with Crippen LogP contribution in [0.4, 0.5) is 5.13 Å². The molecule has 4 rings (SSSR count). The molecular weight excluding hydrogens is 472 g/mol. The van der Waals surface area contributed by atoms with E-state index in [1.54, 1.807) is 11.4 Å². The number of hydrogen-bond acceptors (Lipinski definition) is 9. The Hall–Kier alpha value is -3.31. The van der Waals surface area contributed by atoms with Gasteiger partial charge in [-0.15, -0.1) is 5.10 Å². The Morgan fingerprint density at radius 1 is 1.15 bits per heavy atom. The first-order valence-corrected chi connectivity index (χ1v) is 12.8. The van der Waals surface area contributed by atoms with Crippen molar-refractivity contribution in [1.29, 1.82) is 0 Å². The normalized spacial score (nSPS) is 11.1. The van der Waals surface area contributed by atoms with Gasteiger partial charge in [-0.2, -0.15) is 4.98 Å². The molecular formula is C23H24N6O3S2. The first-order chi connectivity index (χ1) is 16.4. The number of nitrogens with zero attached hydrogens (tertiary/aromatic N) is 5. The number of benzene rings is 1. The van der Waals surface area contributed by atoms with Gasteiger partial charge in [0.15, 0.2) is 5.13 Å². The van der Waals surface area contributed by atoms with E-state index in [9.17, 15) is 9.59 Å². The Morgan fingerprint density at radius 3 is 2.62 bits per heavy atom. The number of aromatic nitrogens is 5. The standard InChI is InChI=1S/C23H24N6O3S2/c1-5-32-20(31)19-18(15-9-7-6-8-10-15)26-22(34-19)25-17(30)12-11-16-13(2)24-21-27-23(33-4)28-29(21)14(16)3/h6-10H,5,11-12H2,1-4H3,(H,25,26,30). The van der Waals surface area contributed by atoms with Crippen LogP contribution < -0.4 is 5.32 Å². The summed E-state index contributed by atoms with van der Waals surface area (Å²) in [6.07, 6.45) is 2.63. The van der Waals surface area contributed by atoms with Crippen LogP contribution >= 0.6 is 23.1 Å². The minimum Gasteiger partial charge on any atom is -0.462 e. The summed E-state index contributed by atoms with van der Waals surface area (Å²) in [5.41, 5.74) is 3.97. The van der Waals surface area contributed by atoms with Crippen molar-refractivity contribution in [1.82, 2.24) is 24.6 Å². The van der Waals surface area contributed by atoms with Crippen molar-refractivity contribution in [3.05, 3.63) is 52.2 Å². The Balaban J connectivity index is 1.52. The Labute approximate surface area is 205 Å². The summed E-state index contributed by atoms with van der Waals surface area (Å²) in [7, 11) is 0. The molecule has 1 N–H and O–H groups in total. The summed E-state index contributed by atoms with van der Waals surface area (Å²) in [6, 6.07) is 9.36. The van der Waals surface area contributed by atoms with Gasteiger partial charge in [-0.3, -0.25) is 4.79 Å². The van der Waals surface area contributed by atoms with Crippen molar-refractivity contribution in [2.45, 2.75) is 38.8 Å². The zero-order valence-electron chi connectivity index (χ0n) is 19.3. The van der Waals surface area contributed by atoms with Crippen LogP contribution in [-0.2, 0) is 16.0 Å². The first kappa shape index (κ1) is 23.8. The molecule has 0 spiro atoms. The molecule has 0 aliphatic heterocycles. The van der Waals surface area contributed by atoms with E-state index in [0.717, 1.165) is 33.9 Å². The van der Waals surface area contributed by atoms with Crippen LogP contribution in [-0.4, -0.2) is 49.3 Å². The van der Waals surface area contributed by atoms with Gasteiger partial charge in [-0.25, -0.2) is 19.3 Å². The van der Waals surface area contributed by atoms with Gasteiger partial charge in [0.2, 0.25) is 11.1 Å². The number of carbonyl (C=O) groups is 2. The van der Waals surface area contributed by atoms with E-state index in [2.05, 4.69) is 25.4 Å². The number of thiazole rings is 1. The first-order valence-electron chi connectivity index (χ1n) is 10.7. The van der Waals surface area contributed by atoms with E-state index in [4.69, 9.17) is 4.74 Å². The molecule has 1 aromatic carbocycles. The number of hydrogen-bond donors (Lipinski definition) is 1. The number of carbonyl (C=O) groups excluding carboxylic acids is 2. The minimum atomic E-state index is -0.456. The molecule has 0 saturated carbocycles. The number of fused-ring (bicyclic) bond motifs is 1. The summed E-state index contributed by atoms with van der Waals surface area (Å²) >= 11 is 2.57. The number of esters is 1. The molecule has 0 bridgehead atoms. The second-order valence-corrected chi connectivity index (χ2v) is 9.18. The van der Waals surface area contributed by atoms with Crippen LogP contribution in [0.3, 0.4) is 0 Å². The fraction of sp³-hybridized carbons (Fsp3) is 0.304. The maximum absolute atomic E-state index is 12.8.